The number of allylic oxidation sites excluding steroid dienone is 1. The van der Waals surface area contributed by atoms with Crippen molar-refractivity contribution in [1.29, 1.82) is 0 Å². The molecule has 1 aromatic heterocycles. The molecule has 0 saturated carbocycles. The van der Waals surface area contributed by atoms with Gasteiger partial charge < -0.3 is 5.32 Å². The minimum atomic E-state index is 0.648. The molecule has 1 aromatic rings. The Morgan fingerprint density at radius 3 is 3.00 bits per heavy atom. The van der Waals surface area contributed by atoms with Gasteiger partial charge in [0.1, 0.15) is 0 Å². The number of rotatable bonds is 3. The number of hydrogen-bond donors (Lipinski definition) is 1. The SMILES string of the molecule is Cc1c(CNC2CC=CCC2)cnn1C. The van der Waals surface area contributed by atoms with Crippen LogP contribution in [-0.4, -0.2) is 15.8 Å². The minimum Gasteiger partial charge on any atom is -0.309 e. The Hall–Kier alpha value is -1.09. The highest BCUT2D eigenvalue weighted by molar-refractivity contribution is 5.15. The molecule has 0 aliphatic heterocycles. The molecule has 0 bridgehead atoms. The Morgan fingerprint density at radius 2 is 2.40 bits per heavy atom. The van der Waals surface area contributed by atoms with Gasteiger partial charge in [-0.25, -0.2) is 0 Å². The molecular formula is C12H19N3. The maximum absolute atomic E-state index is 4.24. The first-order valence-electron chi connectivity index (χ1n) is 5.63. The summed E-state index contributed by atoms with van der Waals surface area (Å²) in [7, 11) is 1.99. The summed E-state index contributed by atoms with van der Waals surface area (Å²) in [5.74, 6) is 0. The molecular weight excluding hydrogens is 186 g/mol. The van der Waals surface area contributed by atoms with Crippen molar-refractivity contribution in [3.05, 3.63) is 29.6 Å². The number of aromatic nitrogens is 2. The van der Waals surface area contributed by atoms with Crippen LogP contribution in [-0.2, 0) is 13.6 Å². The zero-order valence-corrected chi connectivity index (χ0v) is 9.53. The molecule has 1 aliphatic rings. The third-order valence-electron chi connectivity index (χ3n) is 3.19. The molecule has 0 spiro atoms. The molecule has 3 nitrogen and oxygen atoms in total. The van der Waals surface area contributed by atoms with Crippen molar-refractivity contribution in [2.24, 2.45) is 7.05 Å². The zero-order valence-electron chi connectivity index (χ0n) is 9.53. The largest absolute Gasteiger partial charge is 0.309 e. The van der Waals surface area contributed by atoms with E-state index in [0.717, 1.165) is 6.54 Å². The van der Waals surface area contributed by atoms with Gasteiger partial charge >= 0.3 is 0 Å². The van der Waals surface area contributed by atoms with Crippen LogP contribution in [0.15, 0.2) is 18.3 Å². The molecule has 0 fully saturated rings. The molecule has 0 amide bonds. The highest BCUT2D eigenvalue weighted by Gasteiger charge is 2.10. The number of nitrogens with zero attached hydrogens (tertiary/aromatic N) is 2. The van der Waals surface area contributed by atoms with E-state index in [1.807, 2.05) is 17.9 Å². The van der Waals surface area contributed by atoms with Crippen molar-refractivity contribution >= 4 is 0 Å². The van der Waals surface area contributed by atoms with E-state index in [1.54, 1.807) is 0 Å². The van der Waals surface area contributed by atoms with E-state index in [2.05, 4.69) is 29.5 Å². The Kier molecular flexibility index (Phi) is 3.21. The summed E-state index contributed by atoms with van der Waals surface area (Å²) < 4.78 is 1.93. The van der Waals surface area contributed by atoms with Gasteiger partial charge in [0.05, 0.1) is 6.20 Å². The van der Waals surface area contributed by atoms with Gasteiger partial charge in [-0.3, -0.25) is 4.68 Å². The second kappa shape index (κ2) is 4.62. The Labute approximate surface area is 91.2 Å². The summed E-state index contributed by atoms with van der Waals surface area (Å²) in [6.45, 7) is 3.06. The van der Waals surface area contributed by atoms with Crippen LogP contribution in [0.3, 0.4) is 0 Å². The normalized spacial score (nSPS) is 20.8. The van der Waals surface area contributed by atoms with E-state index in [9.17, 15) is 0 Å². The average Bonchev–Trinajstić information content (AvgIpc) is 2.59. The molecule has 1 unspecified atom stereocenters. The van der Waals surface area contributed by atoms with Crippen molar-refractivity contribution in [2.75, 3.05) is 0 Å². The van der Waals surface area contributed by atoms with Crippen LogP contribution in [0.25, 0.3) is 0 Å². The zero-order chi connectivity index (χ0) is 10.7. The lowest BCUT2D eigenvalue weighted by atomic mass is 10.0. The first-order chi connectivity index (χ1) is 7.27. The van der Waals surface area contributed by atoms with E-state index in [4.69, 9.17) is 0 Å². The molecule has 0 radical (unpaired) electrons. The summed E-state index contributed by atoms with van der Waals surface area (Å²) in [5, 5.41) is 7.83. The van der Waals surface area contributed by atoms with Crippen molar-refractivity contribution in [2.45, 2.75) is 38.8 Å². The van der Waals surface area contributed by atoms with Gasteiger partial charge in [0.15, 0.2) is 0 Å². The van der Waals surface area contributed by atoms with Gasteiger partial charge in [0.25, 0.3) is 0 Å². The molecule has 3 heteroatoms. The van der Waals surface area contributed by atoms with Gasteiger partial charge in [0, 0.05) is 30.9 Å². The monoisotopic (exact) mass is 205 g/mol. The van der Waals surface area contributed by atoms with Crippen molar-refractivity contribution in [3.8, 4) is 0 Å². The van der Waals surface area contributed by atoms with Crippen LogP contribution in [0.2, 0.25) is 0 Å². The first kappa shape index (κ1) is 10.4. The highest BCUT2D eigenvalue weighted by Crippen LogP contribution is 2.12. The fourth-order valence-electron chi connectivity index (χ4n) is 1.95. The van der Waals surface area contributed by atoms with Gasteiger partial charge in [0.2, 0.25) is 0 Å². The van der Waals surface area contributed by atoms with Crippen molar-refractivity contribution in [1.82, 2.24) is 15.1 Å². The van der Waals surface area contributed by atoms with E-state index in [1.165, 1.54) is 30.5 Å². The van der Waals surface area contributed by atoms with Gasteiger partial charge in [-0.05, 0) is 26.2 Å². The van der Waals surface area contributed by atoms with Crippen LogP contribution in [0, 0.1) is 6.92 Å². The second-order valence-corrected chi connectivity index (χ2v) is 4.24. The lowest BCUT2D eigenvalue weighted by Gasteiger charge is -2.19. The van der Waals surface area contributed by atoms with Crippen LogP contribution >= 0.6 is 0 Å². The Balaban J connectivity index is 1.87. The lowest BCUT2D eigenvalue weighted by molar-refractivity contribution is 0.473. The van der Waals surface area contributed by atoms with Crippen molar-refractivity contribution < 1.29 is 0 Å². The molecule has 1 aliphatic carbocycles. The predicted molar refractivity (Wildman–Crippen MR) is 61.6 cm³/mol. The smallest absolute Gasteiger partial charge is 0.0537 e. The minimum absolute atomic E-state index is 0.648. The molecule has 1 heterocycles. The Morgan fingerprint density at radius 1 is 1.53 bits per heavy atom. The summed E-state index contributed by atoms with van der Waals surface area (Å²) in [4.78, 5) is 0. The third kappa shape index (κ3) is 2.48. The topological polar surface area (TPSA) is 29.9 Å². The molecule has 0 aromatic carbocycles. The fourth-order valence-corrected chi connectivity index (χ4v) is 1.95. The second-order valence-electron chi connectivity index (χ2n) is 4.24. The van der Waals surface area contributed by atoms with Crippen LogP contribution in [0.5, 0.6) is 0 Å². The summed E-state index contributed by atoms with van der Waals surface area (Å²) in [5.41, 5.74) is 2.57. The summed E-state index contributed by atoms with van der Waals surface area (Å²) in [6, 6.07) is 0.648. The molecule has 1 atom stereocenters. The van der Waals surface area contributed by atoms with Crippen molar-refractivity contribution in [3.63, 3.8) is 0 Å². The predicted octanol–water partition coefficient (Wildman–Crippen LogP) is 1.93. The summed E-state index contributed by atoms with van der Waals surface area (Å²) in [6.07, 6.45) is 10.1. The molecule has 0 saturated heterocycles. The van der Waals surface area contributed by atoms with Gasteiger partial charge in [-0.15, -0.1) is 0 Å². The summed E-state index contributed by atoms with van der Waals surface area (Å²) >= 11 is 0. The van der Waals surface area contributed by atoms with Gasteiger partial charge in [-0.2, -0.15) is 5.10 Å². The highest BCUT2D eigenvalue weighted by atomic mass is 15.3. The quantitative estimate of drug-likeness (QED) is 0.764. The maximum Gasteiger partial charge on any atom is 0.0537 e. The van der Waals surface area contributed by atoms with Crippen LogP contribution in [0.1, 0.15) is 30.5 Å². The van der Waals surface area contributed by atoms with Crippen LogP contribution in [0.4, 0.5) is 0 Å². The molecule has 15 heavy (non-hydrogen) atoms. The fraction of sp³-hybridized carbons (Fsp3) is 0.583. The standard InChI is InChI=1S/C12H19N3/c1-10-11(9-14-15(10)2)8-13-12-6-4-3-5-7-12/h3-4,9,12-13H,5-8H2,1-2H3. The first-order valence-corrected chi connectivity index (χ1v) is 5.63. The Bertz CT molecular complexity index is 352. The molecule has 82 valence electrons. The number of hydrogen-bond acceptors (Lipinski definition) is 2. The van der Waals surface area contributed by atoms with E-state index < -0.39 is 0 Å². The van der Waals surface area contributed by atoms with E-state index >= 15 is 0 Å². The number of nitrogens with one attached hydrogen (secondary N) is 1. The van der Waals surface area contributed by atoms with Crippen LogP contribution < -0.4 is 5.32 Å². The van der Waals surface area contributed by atoms with Gasteiger partial charge in [-0.1, -0.05) is 12.2 Å². The molecule has 1 N–H and O–H groups in total. The number of aryl methyl sites for hydroxylation is 1. The molecule has 2 rings (SSSR count). The lowest BCUT2D eigenvalue weighted by Crippen LogP contribution is -2.29. The van der Waals surface area contributed by atoms with E-state index in [0.29, 0.717) is 6.04 Å². The maximum atomic E-state index is 4.24. The van der Waals surface area contributed by atoms with E-state index in [-0.39, 0.29) is 0 Å². The average molecular weight is 205 g/mol. The third-order valence-corrected chi connectivity index (χ3v) is 3.19.